The van der Waals surface area contributed by atoms with Crippen molar-refractivity contribution < 1.29 is 23.1 Å². The van der Waals surface area contributed by atoms with Gasteiger partial charge >= 0.3 is 5.97 Å². The first kappa shape index (κ1) is 19.9. The Kier molecular flexibility index (Phi) is 7.12. The number of sulfonamides is 1. The Labute approximate surface area is 141 Å². The Balaban J connectivity index is 2.86. The molecule has 0 bridgehead atoms. The number of rotatable bonds is 9. The molecule has 0 aliphatic rings. The molecule has 0 radical (unpaired) electrons. The van der Waals surface area contributed by atoms with E-state index in [1.807, 2.05) is 13.8 Å². The minimum Gasteiger partial charge on any atom is -0.480 e. The van der Waals surface area contributed by atoms with E-state index in [2.05, 4.69) is 16.6 Å². The predicted octanol–water partition coefficient (Wildman–Crippen LogP) is 1.38. The molecule has 0 spiro atoms. The number of aliphatic carboxylic acids is 1. The van der Waals surface area contributed by atoms with E-state index in [0.717, 1.165) is 0 Å². The first-order chi connectivity index (χ1) is 11.2. The Bertz CT molecular complexity index is 696. The van der Waals surface area contributed by atoms with Gasteiger partial charge in [0.1, 0.15) is 6.04 Å². The van der Waals surface area contributed by atoms with Crippen LogP contribution in [0, 0.1) is 5.92 Å². The van der Waals surface area contributed by atoms with Crippen LogP contribution in [-0.2, 0) is 14.8 Å². The minimum absolute atomic E-state index is 0.0119. The van der Waals surface area contributed by atoms with Crippen LogP contribution in [0.15, 0.2) is 41.8 Å². The van der Waals surface area contributed by atoms with E-state index in [1.54, 1.807) is 0 Å². The van der Waals surface area contributed by atoms with Crippen LogP contribution in [0.25, 0.3) is 0 Å². The van der Waals surface area contributed by atoms with Crippen LogP contribution in [0.1, 0.15) is 30.6 Å². The second-order valence-electron chi connectivity index (χ2n) is 5.66. The Morgan fingerprint density at radius 3 is 2.29 bits per heavy atom. The lowest BCUT2D eigenvalue weighted by Crippen LogP contribution is -2.41. The zero-order chi connectivity index (χ0) is 18.3. The summed E-state index contributed by atoms with van der Waals surface area (Å²) in [5, 5.41) is 11.6. The van der Waals surface area contributed by atoms with Crippen molar-refractivity contribution >= 4 is 21.9 Å². The molecule has 3 N–H and O–H groups in total. The van der Waals surface area contributed by atoms with Gasteiger partial charge in [0.05, 0.1) is 4.90 Å². The zero-order valence-electron chi connectivity index (χ0n) is 13.7. The monoisotopic (exact) mass is 354 g/mol. The van der Waals surface area contributed by atoms with Crippen LogP contribution < -0.4 is 10.0 Å². The van der Waals surface area contributed by atoms with Crippen molar-refractivity contribution in [2.75, 3.05) is 6.54 Å². The third kappa shape index (κ3) is 5.78. The molecule has 24 heavy (non-hydrogen) atoms. The summed E-state index contributed by atoms with van der Waals surface area (Å²) in [7, 11) is -3.66. The van der Waals surface area contributed by atoms with E-state index < -0.39 is 27.9 Å². The number of amides is 1. The molecule has 0 saturated carbocycles. The van der Waals surface area contributed by atoms with Crippen LogP contribution in [0.4, 0.5) is 0 Å². The highest BCUT2D eigenvalue weighted by Crippen LogP contribution is 2.12. The lowest BCUT2D eigenvalue weighted by Gasteiger charge is -2.16. The topological polar surface area (TPSA) is 113 Å². The molecular formula is C16H22N2O5S. The molecule has 0 heterocycles. The third-order valence-electron chi connectivity index (χ3n) is 3.16. The highest BCUT2D eigenvalue weighted by molar-refractivity contribution is 7.89. The van der Waals surface area contributed by atoms with Crippen molar-refractivity contribution in [3.63, 3.8) is 0 Å². The van der Waals surface area contributed by atoms with Crippen LogP contribution in [0.3, 0.4) is 0 Å². The maximum absolute atomic E-state index is 12.1. The van der Waals surface area contributed by atoms with E-state index in [9.17, 15) is 18.0 Å². The molecule has 7 nitrogen and oxygen atoms in total. The normalized spacial score (nSPS) is 12.6. The molecule has 0 aliphatic carbocycles. The highest BCUT2D eigenvalue weighted by Gasteiger charge is 2.22. The number of hydrogen-bond donors (Lipinski definition) is 3. The number of benzene rings is 1. The van der Waals surface area contributed by atoms with Gasteiger partial charge in [-0.3, -0.25) is 4.79 Å². The van der Waals surface area contributed by atoms with Crippen molar-refractivity contribution in [1.29, 1.82) is 0 Å². The summed E-state index contributed by atoms with van der Waals surface area (Å²) in [6, 6.07) is 4.27. The van der Waals surface area contributed by atoms with Gasteiger partial charge in [-0.2, -0.15) is 0 Å². The number of hydrogen-bond acceptors (Lipinski definition) is 4. The number of nitrogens with one attached hydrogen (secondary N) is 2. The Morgan fingerprint density at radius 2 is 1.83 bits per heavy atom. The number of carboxylic acids is 1. The first-order valence-corrected chi connectivity index (χ1v) is 8.90. The van der Waals surface area contributed by atoms with Gasteiger partial charge in [0.25, 0.3) is 5.91 Å². The van der Waals surface area contributed by atoms with Crippen molar-refractivity contribution in [2.24, 2.45) is 5.92 Å². The molecular weight excluding hydrogens is 332 g/mol. The highest BCUT2D eigenvalue weighted by atomic mass is 32.2. The number of carbonyl (C=O) groups is 2. The van der Waals surface area contributed by atoms with Gasteiger partial charge in [-0.25, -0.2) is 17.9 Å². The van der Waals surface area contributed by atoms with Crippen molar-refractivity contribution in [1.82, 2.24) is 10.0 Å². The van der Waals surface area contributed by atoms with Crippen LogP contribution in [0.5, 0.6) is 0 Å². The third-order valence-corrected chi connectivity index (χ3v) is 4.59. The maximum atomic E-state index is 12.1. The number of carboxylic acid groups (broad SMARTS) is 1. The summed E-state index contributed by atoms with van der Waals surface area (Å²) in [6.45, 7) is 7.24. The molecule has 8 heteroatoms. The van der Waals surface area contributed by atoms with Crippen molar-refractivity contribution in [2.45, 2.75) is 31.2 Å². The van der Waals surface area contributed by atoms with Crippen molar-refractivity contribution in [3.8, 4) is 0 Å². The number of carbonyl (C=O) groups excluding carboxylic acids is 1. The molecule has 0 saturated heterocycles. The SMILES string of the molecule is C=CCNS(=O)(=O)c1ccc(C(=O)NC(CC(C)C)C(=O)O)cc1. The van der Waals surface area contributed by atoms with E-state index >= 15 is 0 Å². The maximum Gasteiger partial charge on any atom is 0.326 e. The summed E-state index contributed by atoms with van der Waals surface area (Å²) < 4.78 is 26.2. The van der Waals surface area contributed by atoms with Gasteiger partial charge in [0.2, 0.25) is 10.0 Å². The molecule has 1 rings (SSSR count). The fourth-order valence-electron chi connectivity index (χ4n) is 1.97. The molecule has 1 aromatic rings. The molecule has 1 unspecified atom stereocenters. The Morgan fingerprint density at radius 1 is 1.25 bits per heavy atom. The smallest absolute Gasteiger partial charge is 0.326 e. The average molecular weight is 354 g/mol. The molecule has 0 aliphatic heterocycles. The van der Waals surface area contributed by atoms with E-state index in [0.29, 0.717) is 6.42 Å². The molecule has 0 aromatic heterocycles. The largest absolute Gasteiger partial charge is 0.480 e. The van der Waals surface area contributed by atoms with E-state index in [1.165, 1.54) is 30.3 Å². The molecule has 132 valence electrons. The summed E-state index contributed by atoms with van der Waals surface area (Å²) in [6.07, 6.45) is 1.72. The van der Waals surface area contributed by atoms with Gasteiger partial charge in [0, 0.05) is 12.1 Å². The fraction of sp³-hybridized carbons (Fsp3) is 0.375. The van der Waals surface area contributed by atoms with Gasteiger partial charge in [-0.15, -0.1) is 6.58 Å². The minimum atomic E-state index is -3.66. The summed E-state index contributed by atoms with van der Waals surface area (Å²) in [5.74, 6) is -1.56. The summed E-state index contributed by atoms with van der Waals surface area (Å²) in [5.41, 5.74) is 0.188. The lowest BCUT2D eigenvalue weighted by atomic mass is 10.0. The second kappa shape index (κ2) is 8.60. The molecule has 1 atom stereocenters. The van der Waals surface area contributed by atoms with E-state index in [4.69, 9.17) is 5.11 Å². The van der Waals surface area contributed by atoms with E-state index in [-0.39, 0.29) is 22.9 Å². The van der Waals surface area contributed by atoms with Gasteiger partial charge < -0.3 is 10.4 Å². The molecule has 0 fully saturated rings. The summed E-state index contributed by atoms with van der Waals surface area (Å²) >= 11 is 0. The molecule has 1 amide bonds. The zero-order valence-corrected chi connectivity index (χ0v) is 14.5. The quantitative estimate of drug-likeness (QED) is 0.580. The lowest BCUT2D eigenvalue weighted by molar-refractivity contribution is -0.139. The van der Waals surface area contributed by atoms with Crippen molar-refractivity contribution in [3.05, 3.63) is 42.5 Å². The second-order valence-corrected chi connectivity index (χ2v) is 7.43. The Hall–Kier alpha value is -2.19. The van der Waals surface area contributed by atoms with Crippen LogP contribution in [0.2, 0.25) is 0 Å². The fourth-order valence-corrected chi connectivity index (χ4v) is 2.97. The van der Waals surface area contributed by atoms with Gasteiger partial charge in [-0.1, -0.05) is 19.9 Å². The first-order valence-electron chi connectivity index (χ1n) is 7.41. The predicted molar refractivity (Wildman–Crippen MR) is 90.2 cm³/mol. The molecule has 1 aromatic carbocycles. The van der Waals surface area contributed by atoms with Crippen LogP contribution >= 0.6 is 0 Å². The summed E-state index contributed by atoms with van der Waals surface area (Å²) in [4.78, 5) is 23.3. The standard InChI is InChI=1S/C16H22N2O5S/c1-4-9-17-24(22,23)13-7-5-12(6-8-13)15(19)18-14(16(20)21)10-11(2)3/h4-8,11,14,17H,1,9-10H2,2-3H3,(H,18,19)(H,20,21). The van der Waals surface area contributed by atoms with Crippen LogP contribution in [-0.4, -0.2) is 38.0 Å². The average Bonchev–Trinajstić information content (AvgIpc) is 2.52. The van der Waals surface area contributed by atoms with Gasteiger partial charge in [0.15, 0.2) is 0 Å². The van der Waals surface area contributed by atoms with Gasteiger partial charge in [-0.05, 0) is 36.6 Å².